The first-order chi connectivity index (χ1) is 15.8. The van der Waals surface area contributed by atoms with Gasteiger partial charge in [0, 0.05) is 31.0 Å². The van der Waals surface area contributed by atoms with Gasteiger partial charge in [-0.15, -0.1) is 0 Å². The Labute approximate surface area is 197 Å². The number of hydrogen-bond donors (Lipinski definition) is 2. The molecule has 1 amide bonds. The summed E-state index contributed by atoms with van der Waals surface area (Å²) in [7, 11) is 1.76. The van der Waals surface area contributed by atoms with E-state index in [-0.39, 0.29) is 39.1 Å². The third-order valence-electron chi connectivity index (χ3n) is 5.52. The molecule has 0 fully saturated rings. The monoisotopic (exact) mass is 481 g/mol. The van der Waals surface area contributed by atoms with E-state index in [0.717, 1.165) is 21.5 Å². The minimum absolute atomic E-state index is 0.0769. The summed E-state index contributed by atoms with van der Waals surface area (Å²) < 4.78 is 1.14. The number of halogens is 2. The van der Waals surface area contributed by atoms with Crippen LogP contribution in [0.2, 0.25) is 10.0 Å². The molecule has 9 nitrogen and oxygen atoms in total. The van der Waals surface area contributed by atoms with Crippen LogP contribution < -0.4 is 21.6 Å². The van der Waals surface area contributed by atoms with Crippen molar-refractivity contribution in [3.63, 3.8) is 0 Å². The summed E-state index contributed by atoms with van der Waals surface area (Å²) in [6.45, 7) is 0. The third kappa shape index (κ3) is 3.65. The standard InChI is InChI=1S/C22H17Cl2N7O2/c1-30-16-7-6-12(9-11(16)5-8-17(30)32)27-21-26-10-13-19(25)31(22(33)29-20(13)28-21)18-14(23)3-2-4-15(18)24/h2-4,6-7,9-10H,5,8,25H2,1H3,(H,27,28,29,33). The number of carbonyl (C=O) groups excluding carboxylic acids is 1. The number of hydrogen-bond acceptors (Lipinski definition) is 7. The number of aromatic nitrogens is 4. The molecule has 166 valence electrons. The molecule has 0 spiro atoms. The molecule has 4 aromatic rings. The highest BCUT2D eigenvalue weighted by atomic mass is 35.5. The maximum Gasteiger partial charge on any atom is 0.355 e. The first-order valence-electron chi connectivity index (χ1n) is 9.99. The lowest BCUT2D eigenvalue weighted by atomic mass is 10.0. The molecule has 1 aliphatic heterocycles. The summed E-state index contributed by atoms with van der Waals surface area (Å²) in [6, 6.07) is 10.5. The van der Waals surface area contributed by atoms with Gasteiger partial charge in [-0.2, -0.15) is 9.97 Å². The fraction of sp³-hybridized carbons (Fsp3) is 0.136. The molecule has 0 bridgehead atoms. The van der Waals surface area contributed by atoms with Crippen molar-refractivity contribution in [3.05, 3.63) is 68.7 Å². The summed E-state index contributed by atoms with van der Waals surface area (Å²) in [5.74, 6) is 0.420. The molecule has 0 unspecified atom stereocenters. The summed E-state index contributed by atoms with van der Waals surface area (Å²) in [5, 5.41) is 4.02. The van der Waals surface area contributed by atoms with Crippen molar-refractivity contribution in [2.45, 2.75) is 12.8 Å². The molecule has 3 N–H and O–H groups in total. The van der Waals surface area contributed by atoms with Gasteiger partial charge in [-0.05, 0) is 42.3 Å². The van der Waals surface area contributed by atoms with Crippen molar-refractivity contribution in [1.29, 1.82) is 0 Å². The molecule has 1 aliphatic rings. The number of fused-ring (bicyclic) bond motifs is 2. The number of carbonyl (C=O) groups is 1. The van der Waals surface area contributed by atoms with Crippen LogP contribution in [0.25, 0.3) is 16.7 Å². The topological polar surface area (TPSA) is 119 Å². The number of nitrogens with two attached hydrogens (primary N) is 1. The van der Waals surface area contributed by atoms with Gasteiger partial charge in [-0.1, -0.05) is 29.3 Å². The van der Waals surface area contributed by atoms with Gasteiger partial charge < -0.3 is 16.0 Å². The van der Waals surface area contributed by atoms with Crippen LogP contribution in [0.4, 0.5) is 23.1 Å². The van der Waals surface area contributed by atoms with Crippen LogP contribution in [-0.2, 0) is 11.2 Å². The van der Waals surface area contributed by atoms with E-state index in [0.29, 0.717) is 18.2 Å². The lowest BCUT2D eigenvalue weighted by molar-refractivity contribution is -0.118. The summed E-state index contributed by atoms with van der Waals surface area (Å²) in [5.41, 5.74) is 8.66. The predicted octanol–water partition coefficient (Wildman–Crippen LogP) is 3.72. The van der Waals surface area contributed by atoms with Crippen LogP contribution in [0.1, 0.15) is 12.0 Å². The minimum Gasteiger partial charge on any atom is -0.384 e. The van der Waals surface area contributed by atoms with Crippen LogP contribution in [-0.4, -0.2) is 32.5 Å². The van der Waals surface area contributed by atoms with Crippen LogP contribution in [0.3, 0.4) is 0 Å². The van der Waals surface area contributed by atoms with Crippen molar-refractivity contribution < 1.29 is 4.79 Å². The smallest absolute Gasteiger partial charge is 0.355 e. The molecule has 3 heterocycles. The molecule has 33 heavy (non-hydrogen) atoms. The van der Waals surface area contributed by atoms with Crippen LogP contribution in [0, 0.1) is 0 Å². The Hall–Kier alpha value is -3.69. The van der Waals surface area contributed by atoms with Gasteiger partial charge in [0.25, 0.3) is 0 Å². The number of aryl methyl sites for hydroxylation is 1. The van der Waals surface area contributed by atoms with Crippen molar-refractivity contribution in [3.8, 4) is 5.69 Å². The molecular weight excluding hydrogens is 465 g/mol. The highest BCUT2D eigenvalue weighted by Gasteiger charge is 2.21. The number of nitrogens with one attached hydrogen (secondary N) is 1. The Kier molecular flexibility index (Phi) is 5.15. The molecule has 0 aliphatic carbocycles. The SMILES string of the molecule is CN1C(=O)CCc2cc(Nc3ncc4c(N)n(-c5c(Cl)cccc5Cl)c(=O)nc4n3)ccc21. The Balaban J connectivity index is 1.53. The van der Waals surface area contributed by atoms with E-state index < -0.39 is 5.69 Å². The second kappa shape index (κ2) is 8.02. The van der Waals surface area contributed by atoms with Crippen LogP contribution in [0.5, 0.6) is 0 Å². The normalized spacial score (nSPS) is 13.3. The maximum absolute atomic E-state index is 12.8. The average molecular weight is 482 g/mol. The van der Waals surface area contributed by atoms with E-state index in [4.69, 9.17) is 28.9 Å². The van der Waals surface area contributed by atoms with Crippen LogP contribution >= 0.6 is 23.2 Å². The molecule has 0 atom stereocenters. The highest BCUT2D eigenvalue weighted by Crippen LogP contribution is 2.32. The van der Waals surface area contributed by atoms with Gasteiger partial charge in [0.1, 0.15) is 5.82 Å². The highest BCUT2D eigenvalue weighted by molar-refractivity contribution is 6.37. The fourth-order valence-electron chi connectivity index (χ4n) is 3.85. The number of benzene rings is 2. The molecule has 0 saturated heterocycles. The largest absolute Gasteiger partial charge is 0.384 e. The first kappa shape index (κ1) is 21.2. The van der Waals surface area contributed by atoms with E-state index in [2.05, 4.69) is 20.3 Å². The van der Waals surface area contributed by atoms with E-state index in [1.54, 1.807) is 30.1 Å². The lowest BCUT2D eigenvalue weighted by Gasteiger charge is -2.26. The summed E-state index contributed by atoms with van der Waals surface area (Å²) in [6.07, 6.45) is 2.61. The van der Waals surface area contributed by atoms with Crippen molar-refractivity contribution in [1.82, 2.24) is 19.5 Å². The van der Waals surface area contributed by atoms with E-state index in [1.807, 2.05) is 18.2 Å². The first-order valence-corrected chi connectivity index (χ1v) is 10.8. The summed E-state index contributed by atoms with van der Waals surface area (Å²) >= 11 is 12.5. The van der Waals surface area contributed by atoms with Crippen molar-refractivity contribution >= 4 is 63.3 Å². The Bertz CT molecular complexity index is 1480. The molecular formula is C22H17Cl2N7O2. The zero-order valence-corrected chi connectivity index (χ0v) is 18.9. The molecule has 2 aromatic heterocycles. The average Bonchev–Trinajstić information content (AvgIpc) is 2.78. The maximum atomic E-state index is 12.8. The number of para-hydroxylation sites is 1. The second-order valence-electron chi connectivity index (χ2n) is 7.54. The Morgan fingerprint density at radius 2 is 1.82 bits per heavy atom. The van der Waals surface area contributed by atoms with E-state index in [9.17, 15) is 9.59 Å². The number of nitrogen functional groups attached to an aromatic ring is 1. The lowest BCUT2D eigenvalue weighted by Crippen LogP contribution is -2.31. The zero-order valence-electron chi connectivity index (χ0n) is 17.3. The molecule has 0 radical (unpaired) electrons. The van der Waals surface area contributed by atoms with Gasteiger partial charge in [0.05, 0.1) is 21.1 Å². The Morgan fingerprint density at radius 1 is 1.06 bits per heavy atom. The van der Waals surface area contributed by atoms with E-state index in [1.165, 1.54) is 6.20 Å². The Morgan fingerprint density at radius 3 is 2.58 bits per heavy atom. The van der Waals surface area contributed by atoms with Gasteiger partial charge in [-0.3, -0.25) is 4.79 Å². The molecule has 2 aromatic carbocycles. The van der Waals surface area contributed by atoms with Crippen LogP contribution in [0.15, 0.2) is 47.4 Å². The van der Waals surface area contributed by atoms with Gasteiger partial charge in [0.15, 0.2) is 5.65 Å². The number of amides is 1. The van der Waals surface area contributed by atoms with Crippen molar-refractivity contribution in [2.75, 3.05) is 23.0 Å². The predicted molar refractivity (Wildman–Crippen MR) is 129 cm³/mol. The molecule has 0 saturated carbocycles. The molecule has 5 rings (SSSR count). The minimum atomic E-state index is -0.666. The third-order valence-corrected chi connectivity index (χ3v) is 6.13. The quantitative estimate of drug-likeness (QED) is 0.457. The molecule has 11 heteroatoms. The fourth-order valence-corrected chi connectivity index (χ4v) is 4.41. The summed E-state index contributed by atoms with van der Waals surface area (Å²) in [4.78, 5) is 39.1. The van der Waals surface area contributed by atoms with Crippen molar-refractivity contribution in [2.24, 2.45) is 0 Å². The van der Waals surface area contributed by atoms with E-state index >= 15 is 0 Å². The second-order valence-corrected chi connectivity index (χ2v) is 8.35. The number of anilines is 4. The van der Waals surface area contributed by atoms with Gasteiger partial charge in [-0.25, -0.2) is 14.3 Å². The van der Waals surface area contributed by atoms with Gasteiger partial charge in [0.2, 0.25) is 11.9 Å². The van der Waals surface area contributed by atoms with Gasteiger partial charge >= 0.3 is 5.69 Å². The number of nitrogens with zero attached hydrogens (tertiary/aromatic N) is 5. The number of rotatable bonds is 3. The zero-order chi connectivity index (χ0) is 23.3.